The van der Waals surface area contributed by atoms with Crippen LogP contribution in [0.25, 0.3) is 6.08 Å². The van der Waals surface area contributed by atoms with E-state index < -0.39 is 12.0 Å². The molecule has 2 heterocycles. The van der Waals surface area contributed by atoms with Crippen LogP contribution in [0.5, 0.6) is 11.5 Å². The number of aromatic nitrogens is 1. The molecule has 0 unspecified atom stereocenters. The van der Waals surface area contributed by atoms with Crippen LogP contribution in [0.1, 0.15) is 37.4 Å². The first-order chi connectivity index (χ1) is 16.5. The van der Waals surface area contributed by atoms with Gasteiger partial charge in [-0.25, -0.2) is 9.79 Å². The maximum Gasteiger partial charge on any atom is 0.338 e. The molecule has 1 atom stereocenters. The van der Waals surface area contributed by atoms with Crippen molar-refractivity contribution in [3.8, 4) is 11.5 Å². The van der Waals surface area contributed by atoms with Gasteiger partial charge in [0, 0.05) is 5.56 Å². The molecular formula is C26H26N2O5S. The minimum absolute atomic E-state index is 0.240. The van der Waals surface area contributed by atoms with Crippen LogP contribution in [0.15, 0.2) is 69.6 Å². The van der Waals surface area contributed by atoms with Crippen molar-refractivity contribution in [3.05, 3.63) is 90.6 Å². The lowest BCUT2D eigenvalue weighted by Gasteiger charge is -2.26. The van der Waals surface area contributed by atoms with Gasteiger partial charge in [0.15, 0.2) is 16.3 Å². The predicted octanol–water partition coefficient (Wildman–Crippen LogP) is 3.21. The summed E-state index contributed by atoms with van der Waals surface area (Å²) < 4.78 is 18.8. The lowest BCUT2D eigenvalue weighted by atomic mass is 9.94. The molecule has 7 nitrogen and oxygen atoms in total. The van der Waals surface area contributed by atoms with Gasteiger partial charge in [0.2, 0.25) is 0 Å². The maximum atomic E-state index is 13.7. The van der Waals surface area contributed by atoms with Gasteiger partial charge in [-0.15, -0.1) is 0 Å². The first kappa shape index (κ1) is 23.5. The normalized spacial score (nSPS) is 15.5. The van der Waals surface area contributed by atoms with Gasteiger partial charge in [0.1, 0.15) is 6.04 Å². The van der Waals surface area contributed by atoms with Gasteiger partial charge in [0.25, 0.3) is 5.56 Å². The van der Waals surface area contributed by atoms with E-state index in [1.54, 1.807) is 24.7 Å². The van der Waals surface area contributed by atoms with Crippen molar-refractivity contribution < 1.29 is 19.0 Å². The number of thiazole rings is 1. The first-order valence-corrected chi connectivity index (χ1v) is 11.8. The highest BCUT2D eigenvalue weighted by Gasteiger charge is 2.35. The molecule has 0 saturated carbocycles. The molecule has 0 radical (unpaired) electrons. The fourth-order valence-electron chi connectivity index (χ4n) is 3.95. The second-order valence-corrected chi connectivity index (χ2v) is 8.72. The van der Waals surface area contributed by atoms with Crippen molar-refractivity contribution in [2.45, 2.75) is 26.3 Å². The Morgan fingerprint density at radius 2 is 1.91 bits per heavy atom. The highest BCUT2D eigenvalue weighted by atomic mass is 32.1. The average molecular weight is 479 g/mol. The Balaban J connectivity index is 2.02. The molecule has 0 fully saturated rings. The third-order valence-electron chi connectivity index (χ3n) is 5.50. The molecule has 0 spiro atoms. The Kier molecular flexibility index (Phi) is 6.98. The van der Waals surface area contributed by atoms with Gasteiger partial charge in [-0.1, -0.05) is 60.7 Å². The number of rotatable bonds is 7. The van der Waals surface area contributed by atoms with Crippen LogP contribution >= 0.6 is 11.3 Å². The standard InChI is InChI=1S/C26H26N2O5S/c1-5-14-33-23-18(12-9-13-19(23)31-3)22-21(25(30)32-4)16(2)27-26-28(22)24(29)20(34-26)15-17-10-7-6-8-11-17/h6-13,15,22H,5,14H2,1-4H3/b20-15-/t22-/m1/s1. The van der Waals surface area contributed by atoms with Crippen LogP contribution < -0.4 is 24.4 Å². The molecule has 0 amide bonds. The Morgan fingerprint density at radius 1 is 1.15 bits per heavy atom. The maximum absolute atomic E-state index is 13.7. The van der Waals surface area contributed by atoms with Crippen LogP contribution in [0.3, 0.4) is 0 Å². The van der Waals surface area contributed by atoms with Crippen molar-refractivity contribution in [2.75, 3.05) is 20.8 Å². The van der Waals surface area contributed by atoms with E-state index in [4.69, 9.17) is 14.2 Å². The van der Waals surface area contributed by atoms with Gasteiger partial charge in [-0.3, -0.25) is 9.36 Å². The zero-order chi connectivity index (χ0) is 24.2. The number of benzene rings is 2. The third kappa shape index (κ3) is 4.28. The molecule has 1 aliphatic rings. The van der Waals surface area contributed by atoms with Gasteiger partial charge in [-0.05, 0) is 31.1 Å². The molecule has 0 aliphatic carbocycles. The van der Waals surface area contributed by atoms with Crippen molar-refractivity contribution in [1.82, 2.24) is 4.57 Å². The van der Waals surface area contributed by atoms with Crippen LogP contribution in [0, 0.1) is 0 Å². The summed E-state index contributed by atoms with van der Waals surface area (Å²) in [4.78, 5) is 31.7. The predicted molar refractivity (Wildman–Crippen MR) is 131 cm³/mol. The van der Waals surface area contributed by atoms with E-state index in [2.05, 4.69) is 4.99 Å². The highest BCUT2D eigenvalue weighted by molar-refractivity contribution is 7.07. The molecule has 1 aliphatic heterocycles. The van der Waals surface area contributed by atoms with E-state index in [1.165, 1.54) is 18.4 Å². The molecule has 3 aromatic rings. The zero-order valence-corrected chi connectivity index (χ0v) is 20.3. The Bertz CT molecular complexity index is 1420. The molecule has 8 heteroatoms. The Hall–Kier alpha value is -3.65. The number of allylic oxidation sites excluding steroid dienone is 1. The van der Waals surface area contributed by atoms with Crippen LogP contribution in [0.4, 0.5) is 0 Å². The minimum Gasteiger partial charge on any atom is -0.493 e. The van der Waals surface area contributed by atoms with Gasteiger partial charge in [0.05, 0.1) is 36.6 Å². The van der Waals surface area contributed by atoms with Crippen LogP contribution in [-0.4, -0.2) is 31.4 Å². The summed E-state index contributed by atoms with van der Waals surface area (Å²) in [7, 11) is 2.88. The summed E-state index contributed by atoms with van der Waals surface area (Å²) in [5.74, 6) is 0.467. The average Bonchev–Trinajstić information content (AvgIpc) is 3.16. The molecule has 34 heavy (non-hydrogen) atoms. The molecule has 176 valence electrons. The third-order valence-corrected chi connectivity index (χ3v) is 6.48. The van der Waals surface area contributed by atoms with E-state index in [-0.39, 0.29) is 11.1 Å². The lowest BCUT2D eigenvalue weighted by Crippen LogP contribution is -2.40. The van der Waals surface area contributed by atoms with E-state index in [9.17, 15) is 9.59 Å². The van der Waals surface area contributed by atoms with E-state index >= 15 is 0 Å². The summed E-state index contributed by atoms with van der Waals surface area (Å²) in [6.45, 7) is 4.21. The SMILES string of the molecule is CCCOc1c(OC)cccc1[C@@H]1C(C(=O)OC)=C(C)N=c2s/c(=C\c3ccccc3)c(=O)n21. The molecule has 1 aromatic heterocycles. The van der Waals surface area contributed by atoms with Crippen molar-refractivity contribution >= 4 is 23.4 Å². The summed E-state index contributed by atoms with van der Waals surface area (Å²) in [6.07, 6.45) is 2.62. The van der Waals surface area contributed by atoms with Gasteiger partial charge in [-0.2, -0.15) is 0 Å². The van der Waals surface area contributed by atoms with Crippen molar-refractivity contribution in [3.63, 3.8) is 0 Å². The molecule has 0 bridgehead atoms. The number of para-hydroxylation sites is 1. The number of methoxy groups -OCH3 is 2. The quantitative estimate of drug-likeness (QED) is 0.488. The number of esters is 1. The van der Waals surface area contributed by atoms with Gasteiger partial charge >= 0.3 is 5.97 Å². The van der Waals surface area contributed by atoms with E-state index in [0.29, 0.717) is 38.7 Å². The summed E-state index contributed by atoms with van der Waals surface area (Å²) in [5.41, 5.74) is 2.08. The lowest BCUT2D eigenvalue weighted by molar-refractivity contribution is -0.136. The Labute approximate surface area is 201 Å². The second-order valence-electron chi connectivity index (χ2n) is 7.71. The monoisotopic (exact) mass is 478 g/mol. The van der Waals surface area contributed by atoms with Crippen molar-refractivity contribution in [1.29, 1.82) is 0 Å². The number of carbonyl (C=O) groups is 1. The number of hydrogen-bond donors (Lipinski definition) is 0. The van der Waals surface area contributed by atoms with E-state index in [1.807, 2.05) is 55.5 Å². The number of carbonyl (C=O) groups excluding carboxylic acids is 1. The molecule has 0 N–H and O–H groups in total. The van der Waals surface area contributed by atoms with Crippen LogP contribution in [0.2, 0.25) is 0 Å². The summed E-state index contributed by atoms with van der Waals surface area (Å²) >= 11 is 1.28. The minimum atomic E-state index is -0.774. The Morgan fingerprint density at radius 3 is 2.59 bits per heavy atom. The second kappa shape index (κ2) is 10.1. The first-order valence-electron chi connectivity index (χ1n) is 11.0. The smallest absolute Gasteiger partial charge is 0.338 e. The molecular weight excluding hydrogens is 452 g/mol. The van der Waals surface area contributed by atoms with E-state index in [0.717, 1.165) is 12.0 Å². The number of hydrogen-bond acceptors (Lipinski definition) is 7. The number of fused-ring (bicyclic) bond motifs is 1. The fraction of sp³-hybridized carbons (Fsp3) is 0.269. The molecule has 4 rings (SSSR count). The fourth-order valence-corrected chi connectivity index (χ4v) is 5.00. The van der Waals surface area contributed by atoms with Crippen molar-refractivity contribution in [2.24, 2.45) is 4.99 Å². The summed E-state index contributed by atoms with van der Waals surface area (Å²) in [6, 6.07) is 14.3. The molecule has 2 aromatic carbocycles. The summed E-state index contributed by atoms with van der Waals surface area (Å²) in [5, 5.41) is 0. The number of nitrogens with zero attached hydrogens (tertiary/aromatic N) is 2. The largest absolute Gasteiger partial charge is 0.493 e. The topological polar surface area (TPSA) is 79.1 Å². The zero-order valence-electron chi connectivity index (χ0n) is 19.5. The highest BCUT2D eigenvalue weighted by Crippen LogP contribution is 2.40. The molecule has 0 saturated heterocycles. The van der Waals surface area contributed by atoms with Crippen LogP contribution in [-0.2, 0) is 9.53 Å². The van der Waals surface area contributed by atoms with Gasteiger partial charge < -0.3 is 14.2 Å². The number of ether oxygens (including phenoxy) is 3.